The highest BCUT2D eigenvalue weighted by Gasteiger charge is 2.21. The Hall–Kier alpha value is -2.53. The Morgan fingerprint density at radius 2 is 1.50 bits per heavy atom. The van der Waals surface area contributed by atoms with Crippen LogP contribution < -0.4 is 9.80 Å². The fraction of sp³-hybridized carbons (Fsp3) is 0.211. The maximum atomic E-state index is 10.0. The molecule has 1 aliphatic heterocycles. The number of phenols is 1. The van der Waals surface area contributed by atoms with Gasteiger partial charge in [0.25, 0.3) is 0 Å². The molecular formula is C19H19N3OS. The zero-order valence-electron chi connectivity index (χ0n) is 13.3. The van der Waals surface area contributed by atoms with E-state index in [1.54, 1.807) is 17.4 Å². The van der Waals surface area contributed by atoms with Gasteiger partial charge in [-0.3, -0.25) is 0 Å². The van der Waals surface area contributed by atoms with E-state index in [9.17, 15) is 5.11 Å². The van der Waals surface area contributed by atoms with Crippen molar-refractivity contribution in [3.8, 4) is 16.2 Å². The second kappa shape index (κ2) is 6.53. The maximum absolute atomic E-state index is 10.0. The largest absolute Gasteiger partial charge is 0.506 e. The topological polar surface area (TPSA) is 39.6 Å². The molecule has 1 aromatic heterocycles. The third kappa shape index (κ3) is 2.95. The van der Waals surface area contributed by atoms with E-state index >= 15 is 0 Å². The number of benzene rings is 2. The second-order valence-electron chi connectivity index (χ2n) is 5.84. The summed E-state index contributed by atoms with van der Waals surface area (Å²) >= 11 is 1.74. The summed E-state index contributed by atoms with van der Waals surface area (Å²) in [6, 6.07) is 17.9. The van der Waals surface area contributed by atoms with Gasteiger partial charge in [-0.2, -0.15) is 0 Å². The van der Waals surface area contributed by atoms with Gasteiger partial charge in [0.05, 0.1) is 10.6 Å². The molecule has 0 radical (unpaired) electrons. The molecule has 1 fully saturated rings. The molecule has 5 heteroatoms. The van der Waals surface area contributed by atoms with Crippen LogP contribution >= 0.6 is 11.3 Å². The minimum Gasteiger partial charge on any atom is -0.506 e. The molecule has 3 aromatic rings. The number of aromatic hydroxyl groups is 1. The van der Waals surface area contributed by atoms with Gasteiger partial charge in [-0.05, 0) is 17.7 Å². The highest BCUT2D eigenvalue weighted by molar-refractivity contribution is 7.18. The quantitative estimate of drug-likeness (QED) is 0.788. The molecule has 122 valence electrons. The number of aromatic nitrogens is 1. The summed E-state index contributed by atoms with van der Waals surface area (Å²) in [5.41, 5.74) is 2.13. The molecule has 0 amide bonds. The van der Waals surface area contributed by atoms with E-state index in [0.29, 0.717) is 5.75 Å². The molecule has 2 aromatic carbocycles. The molecule has 4 nitrogen and oxygen atoms in total. The number of hydrogen-bond donors (Lipinski definition) is 1. The van der Waals surface area contributed by atoms with Crippen LogP contribution in [0, 0.1) is 0 Å². The summed E-state index contributed by atoms with van der Waals surface area (Å²) in [7, 11) is 0. The van der Waals surface area contributed by atoms with Gasteiger partial charge >= 0.3 is 0 Å². The van der Waals surface area contributed by atoms with Crippen LogP contribution in [0.2, 0.25) is 0 Å². The van der Waals surface area contributed by atoms with Crippen molar-refractivity contribution in [1.82, 2.24) is 4.98 Å². The van der Waals surface area contributed by atoms with Crippen molar-refractivity contribution in [2.24, 2.45) is 0 Å². The number of rotatable bonds is 3. The first-order valence-electron chi connectivity index (χ1n) is 8.10. The Kier molecular flexibility index (Phi) is 4.09. The Morgan fingerprint density at radius 1 is 0.833 bits per heavy atom. The normalized spacial score (nSPS) is 14.8. The van der Waals surface area contributed by atoms with Gasteiger partial charge < -0.3 is 14.9 Å². The van der Waals surface area contributed by atoms with Gasteiger partial charge in [0.15, 0.2) is 5.13 Å². The van der Waals surface area contributed by atoms with Crippen molar-refractivity contribution < 1.29 is 5.11 Å². The SMILES string of the molecule is Oc1ccccc1N1CCN(c2ncc(-c3ccccc3)s2)CC1. The van der Waals surface area contributed by atoms with Crippen LogP contribution in [0.5, 0.6) is 5.75 Å². The molecule has 0 aliphatic carbocycles. The first kappa shape index (κ1) is 15.0. The predicted molar refractivity (Wildman–Crippen MR) is 100 cm³/mol. The van der Waals surface area contributed by atoms with Gasteiger partial charge in [0.1, 0.15) is 5.75 Å². The molecule has 0 unspecified atom stereocenters. The summed E-state index contributed by atoms with van der Waals surface area (Å²) in [6.45, 7) is 3.60. The molecule has 0 saturated carbocycles. The summed E-state index contributed by atoms with van der Waals surface area (Å²) in [6.07, 6.45) is 1.96. The van der Waals surface area contributed by atoms with Crippen molar-refractivity contribution in [2.45, 2.75) is 0 Å². The average molecular weight is 337 g/mol. The Balaban J connectivity index is 1.45. The Labute approximate surface area is 145 Å². The lowest BCUT2D eigenvalue weighted by atomic mass is 10.2. The van der Waals surface area contributed by atoms with E-state index in [0.717, 1.165) is 37.0 Å². The number of piperazine rings is 1. The lowest BCUT2D eigenvalue weighted by Crippen LogP contribution is -2.46. The molecule has 1 N–H and O–H groups in total. The smallest absolute Gasteiger partial charge is 0.185 e. The van der Waals surface area contributed by atoms with Crippen LogP contribution in [-0.2, 0) is 0 Å². The average Bonchev–Trinajstić information content (AvgIpc) is 3.13. The number of para-hydroxylation sites is 2. The van der Waals surface area contributed by atoms with E-state index in [-0.39, 0.29) is 0 Å². The number of nitrogens with zero attached hydrogens (tertiary/aromatic N) is 3. The van der Waals surface area contributed by atoms with Crippen LogP contribution in [0.4, 0.5) is 10.8 Å². The van der Waals surface area contributed by atoms with Crippen LogP contribution in [0.1, 0.15) is 0 Å². The number of anilines is 2. The molecular weight excluding hydrogens is 318 g/mol. The second-order valence-corrected chi connectivity index (χ2v) is 6.85. The van der Waals surface area contributed by atoms with Crippen molar-refractivity contribution in [1.29, 1.82) is 0 Å². The Morgan fingerprint density at radius 3 is 2.25 bits per heavy atom. The Bertz CT molecular complexity index is 810. The molecule has 24 heavy (non-hydrogen) atoms. The minimum atomic E-state index is 0.353. The van der Waals surface area contributed by atoms with E-state index in [2.05, 4.69) is 39.0 Å². The molecule has 1 aliphatic rings. The monoisotopic (exact) mass is 337 g/mol. The summed E-state index contributed by atoms with van der Waals surface area (Å²) in [5.74, 6) is 0.353. The third-order valence-electron chi connectivity index (χ3n) is 4.32. The fourth-order valence-electron chi connectivity index (χ4n) is 3.02. The fourth-order valence-corrected chi connectivity index (χ4v) is 3.99. The molecule has 4 rings (SSSR count). The summed E-state index contributed by atoms with van der Waals surface area (Å²) < 4.78 is 0. The van der Waals surface area contributed by atoms with Gasteiger partial charge in [-0.15, -0.1) is 0 Å². The van der Waals surface area contributed by atoms with E-state index in [4.69, 9.17) is 0 Å². The predicted octanol–water partition coefficient (Wildman–Crippen LogP) is 3.84. The molecule has 1 saturated heterocycles. The number of phenolic OH excluding ortho intramolecular Hbond substituents is 1. The first-order valence-corrected chi connectivity index (χ1v) is 8.92. The molecule has 0 spiro atoms. The first-order chi connectivity index (χ1) is 11.8. The van der Waals surface area contributed by atoms with Gasteiger partial charge in [0, 0.05) is 32.4 Å². The zero-order chi connectivity index (χ0) is 16.4. The summed E-state index contributed by atoms with van der Waals surface area (Å²) in [5, 5.41) is 11.1. The maximum Gasteiger partial charge on any atom is 0.185 e. The van der Waals surface area contributed by atoms with Crippen LogP contribution in [0.3, 0.4) is 0 Å². The number of hydrogen-bond acceptors (Lipinski definition) is 5. The summed E-state index contributed by atoms with van der Waals surface area (Å²) in [4.78, 5) is 10.4. The van der Waals surface area contributed by atoms with Gasteiger partial charge in [-0.25, -0.2) is 4.98 Å². The van der Waals surface area contributed by atoms with E-state index in [1.165, 1.54) is 10.4 Å². The highest BCUT2D eigenvalue weighted by atomic mass is 32.1. The van der Waals surface area contributed by atoms with Crippen LogP contribution in [0.25, 0.3) is 10.4 Å². The highest BCUT2D eigenvalue weighted by Crippen LogP contribution is 2.32. The zero-order valence-corrected chi connectivity index (χ0v) is 14.1. The van der Waals surface area contributed by atoms with Gasteiger partial charge in [-0.1, -0.05) is 53.8 Å². The van der Waals surface area contributed by atoms with Crippen molar-refractivity contribution in [3.63, 3.8) is 0 Å². The van der Waals surface area contributed by atoms with Crippen LogP contribution in [0.15, 0.2) is 60.8 Å². The minimum absolute atomic E-state index is 0.353. The standard InChI is InChI=1S/C19H19N3OS/c23-17-9-5-4-8-16(17)21-10-12-22(13-11-21)19-20-14-18(24-19)15-6-2-1-3-7-15/h1-9,14,23H,10-13H2. The van der Waals surface area contributed by atoms with Crippen LogP contribution in [-0.4, -0.2) is 36.3 Å². The molecule has 0 atom stereocenters. The van der Waals surface area contributed by atoms with Crippen molar-refractivity contribution in [3.05, 3.63) is 60.8 Å². The van der Waals surface area contributed by atoms with Crippen molar-refractivity contribution >= 4 is 22.2 Å². The van der Waals surface area contributed by atoms with E-state index < -0.39 is 0 Å². The number of thiazole rings is 1. The van der Waals surface area contributed by atoms with Gasteiger partial charge in [0.2, 0.25) is 0 Å². The lowest BCUT2D eigenvalue weighted by molar-refractivity contribution is 0.472. The third-order valence-corrected chi connectivity index (χ3v) is 5.43. The lowest BCUT2D eigenvalue weighted by Gasteiger charge is -2.36. The van der Waals surface area contributed by atoms with Crippen molar-refractivity contribution in [2.75, 3.05) is 36.0 Å². The molecule has 2 heterocycles. The molecule has 0 bridgehead atoms. The van der Waals surface area contributed by atoms with E-state index in [1.807, 2.05) is 30.5 Å².